The Kier molecular flexibility index (Phi) is 4.48. The molecule has 0 spiro atoms. The first-order valence-electron chi connectivity index (χ1n) is 6.80. The molecule has 2 aliphatic rings. The number of nitrogens with zero attached hydrogens (tertiary/aromatic N) is 1. The van der Waals surface area contributed by atoms with Crippen LogP contribution in [0.4, 0.5) is 0 Å². The minimum atomic E-state index is -0.889. The van der Waals surface area contributed by atoms with Crippen LogP contribution in [0.5, 0.6) is 0 Å². The molecule has 1 amide bonds. The Morgan fingerprint density at radius 1 is 1.05 bits per heavy atom. The molecule has 0 unspecified atom stereocenters. The van der Waals surface area contributed by atoms with E-state index in [2.05, 4.69) is 0 Å². The van der Waals surface area contributed by atoms with Crippen molar-refractivity contribution in [2.24, 2.45) is 0 Å². The molecule has 0 radical (unpaired) electrons. The molecule has 0 bridgehead atoms. The summed E-state index contributed by atoms with van der Waals surface area (Å²) in [6.07, 6.45) is 0.274. The van der Waals surface area contributed by atoms with Crippen molar-refractivity contribution in [2.75, 3.05) is 6.54 Å². The van der Waals surface area contributed by atoms with Crippen LogP contribution in [-0.2, 0) is 33.4 Å². The van der Waals surface area contributed by atoms with Gasteiger partial charge in [-0.25, -0.2) is 0 Å². The van der Waals surface area contributed by atoms with E-state index < -0.39 is 42.3 Å². The standard InChI is InChI=1S/C14H17NO7/c1-7(16)20-10-4-5-12(19)15-6-11(21-8(2)17)14(13(10)15)22-9(3)18/h4-5,10-11,13-14H,6H2,1-3H3/t10-,11+,13+,14+/m0/s1. The van der Waals surface area contributed by atoms with Crippen LogP contribution in [0.15, 0.2) is 12.2 Å². The van der Waals surface area contributed by atoms with Crippen molar-refractivity contribution >= 4 is 23.8 Å². The van der Waals surface area contributed by atoms with Crippen LogP contribution >= 0.6 is 0 Å². The summed E-state index contributed by atoms with van der Waals surface area (Å²) in [6.45, 7) is 3.76. The summed E-state index contributed by atoms with van der Waals surface area (Å²) in [5, 5.41) is 0. The summed E-state index contributed by atoms with van der Waals surface area (Å²) in [5.41, 5.74) is 0. The SMILES string of the molecule is CC(=O)O[C@H]1[C@H]2[C@@H](OC(C)=O)C=CC(=O)N2C[C@H]1OC(C)=O. The van der Waals surface area contributed by atoms with E-state index in [4.69, 9.17) is 14.2 Å². The van der Waals surface area contributed by atoms with E-state index in [1.165, 1.54) is 37.8 Å². The fraction of sp³-hybridized carbons (Fsp3) is 0.571. The van der Waals surface area contributed by atoms with Gasteiger partial charge in [-0.15, -0.1) is 0 Å². The van der Waals surface area contributed by atoms with Gasteiger partial charge in [0.2, 0.25) is 5.91 Å². The highest BCUT2D eigenvalue weighted by Crippen LogP contribution is 2.31. The van der Waals surface area contributed by atoms with Crippen molar-refractivity contribution in [3.05, 3.63) is 12.2 Å². The van der Waals surface area contributed by atoms with Crippen molar-refractivity contribution in [1.82, 2.24) is 4.90 Å². The number of carbonyl (C=O) groups is 4. The molecule has 0 saturated carbocycles. The first kappa shape index (κ1) is 16.0. The molecular formula is C14H17NO7. The van der Waals surface area contributed by atoms with E-state index in [0.29, 0.717) is 0 Å². The number of ether oxygens (including phenoxy) is 3. The average Bonchev–Trinajstić information content (AvgIpc) is 2.71. The maximum absolute atomic E-state index is 12.0. The second-order valence-electron chi connectivity index (χ2n) is 5.14. The molecule has 22 heavy (non-hydrogen) atoms. The lowest BCUT2D eigenvalue weighted by molar-refractivity contribution is -0.167. The zero-order valence-electron chi connectivity index (χ0n) is 12.5. The lowest BCUT2D eigenvalue weighted by Gasteiger charge is -2.34. The zero-order chi connectivity index (χ0) is 16.4. The lowest BCUT2D eigenvalue weighted by Crippen LogP contribution is -2.51. The van der Waals surface area contributed by atoms with Gasteiger partial charge in [0.05, 0.1) is 6.54 Å². The molecular weight excluding hydrogens is 294 g/mol. The Morgan fingerprint density at radius 3 is 2.18 bits per heavy atom. The van der Waals surface area contributed by atoms with Crippen LogP contribution in [0.1, 0.15) is 20.8 Å². The van der Waals surface area contributed by atoms with Crippen molar-refractivity contribution in [3.8, 4) is 0 Å². The molecule has 2 aliphatic heterocycles. The molecule has 0 aromatic heterocycles. The van der Waals surface area contributed by atoms with Crippen LogP contribution in [-0.4, -0.2) is 59.6 Å². The Bertz CT molecular complexity index is 541. The van der Waals surface area contributed by atoms with Crippen molar-refractivity contribution in [3.63, 3.8) is 0 Å². The minimum Gasteiger partial charge on any atom is -0.457 e. The van der Waals surface area contributed by atoms with Crippen LogP contribution < -0.4 is 0 Å². The molecule has 8 heteroatoms. The summed E-state index contributed by atoms with van der Waals surface area (Å²) in [6, 6.07) is -0.713. The Balaban J connectivity index is 2.31. The Labute approximate surface area is 127 Å². The number of hydrogen-bond acceptors (Lipinski definition) is 7. The number of esters is 3. The molecule has 0 aliphatic carbocycles. The van der Waals surface area contributed by atoms with E-state index in [-0.39, 0.29) is 12.5 Å². The highest BCUT2D eigenvalue weighted by Gasteiger charge is 2.53. The predicted molar refractivity (Wildman–Crippen MR) is 71.3 cm³/mol. The van der Waals surface area contributed by atoms with Gasteiger partial charge < -0.3 is 19.1 Å². The summed E-state index contributed by atoms with van der Waals surface area (Å²) in [7, 11) is 0. The largest absolute Gasteiger partial charge is 0.457 e. The number of amides is 1. The third-order valence-electron chi connectivity index (χ3n) is 3.41. The van der Waals surface area contributed by atoms with Crippen molar-refractivity contribution in [1.29, 1.82) is 0 Å². The summed E-state index contributed by atoms with van der Waals surface area (Å²) < 4.78 is 15.5. The molecule has 2 rings (SSSR count). The van der Waals surface area contributed by atoms with Gasteiger partial charge in [0.1, 0.15) is 12.1 Å². The second kappa shape index (κ2) is 6.17. The molecule has 4 atom stereocenters. The highest BCUT2D eigenvalue weighted by atomic mass is 16.6. The van der Waals surface area contributed by atoms with Gasteiger partial charge in [0.15, 0.2) is 12.2 Å². The van der Waals surface area contributed by atoms with Crippen LogP contribution in [0.2, 0.25) is 0 Å². The van der Waals surface area contributed by atoms with Gasteiger partial charge in [-0.2, -0.15) is 0 Å². The van der Waals surface area contributed by atoms with Gasteiger partial charge in [0, 0.05) is 26.8 Å². The molecule has 8 nitrogen and oxygen atoms in total. The fourth-order valence-electron chi connectivity index (χ4n) is 2.76. The molecule has 1 saturated heterocycles. The Hall–Kier alpha value is -2.38. The first-order chi connectivity index (χ1) is 10.3. The fourth-order valence-corrected chi connectivity index (χ4v) is 2.76. The molecule has 2 heterocycles. The van der Waals surface area contributed by atoms with E-state index in [1.54, 1.807) is 0 Å². The van der Waals surface area contributed by atoms with E-state index in [9.17, 15) is 19.2 Å². The summed E-state index contributed by atoms with van der Waals surface area (Å²) >= 11 is 0. The Morgan fingerprint density at radius 2 is 1.64 bits per heavy atom. The van der Waals surface area contributed by atoms with Gasteiger partial charge in [-0.3, -0.25) is 19.2 Å². The topological polar surface area (TPSA) is 99.2 Å². The first-order valence-corrected chi connectivity index (χ1v) is 6.80. The van der Waals surface area contributed by atoms with Gasteiger partial charge in [-0.1, -0.05) is 0 Å². The average molecular weight is 311 g/mol. The van der Waals surface area contributed by atoms with E-state index >= 15 is 0 Å². The number of hydrogen-bond donors (Lipinski definition) is 0. The predicted octanol–water partition coefficient (Wildman–Crippen LogP) is -0.438. The maximum Gasteiger partial charge on any atom is 0.303 e. The van der Waals surface area contributed by atoms with E-state index in [1.807, 2.05) is 0 Å². The van der Waals surface area contributed by atoms with Gasteiger partial charge >= 0.3 is 17.9 Å². The second-order valence-corrected chi connectivity index (χ2v) is 5.14. The third-order valence-corrected chi connectivity index (χ3v) is 3.41. The highest BCUT2D eigenvalue weighted by molar-refractivity contribution is 5.90. The summed E-state index contributed by atoms with van der Waals surface area (Å²) in [5.74, 6) is -1.97. The smallest absolute Gasteiger partial charge is 0.303 e. The van der Waals surface area contributed by atoms with Crippen LogP contribution in [0, 0.1) is 0 Å². The maximum atomic E-state index is 12.0. The van der Waals surface area contributed by atoms with Gasteiger partial charge in [0.25, 0.3) is 0 Å². The van der Waals surface area contributed by atoms with Crippen LogP contribution in [0.25, 0.3) is 0 Å². The third kappa shape index (κ3) is 3.26. The minimum absolute atomic E-state index is 0.0726. The van der Waals surface area contributed by atoms with Crippen LogP contribution in [0.3, 0.4) is 0 Å². The van der Waals surface area contributed by atoms with Gasteiger partial charge in [-0.05, 0) is 6.08 Å². The number of fused-ring (bicyclic) bond motifs is 1. The zero-order valence-corrected chi connectivity index (χ0v) is 12.5. The lowest BCUT2D eigenvalue weighted by atomic mass is 10.0. The summed E-state index contributed by atoms with van der Waals surface area (Å²) in [4.78, 5) is 47.1. The van der Waals surface area contributed by atoms with E-state index in [0.717, 1.165) is 0 Å². The molecule has 120 valence electrons. The molecule has 1 fully saturated rings. The molecule has 0 aromatic carbocycles. The quantitative estimate of drug-likeness (QED) is 0.514. The van der Waals surface area contributed by atoms with Crippen molar-refractivity contribution < 1.29 is 33.4 Å². The molecule has 0 aromatic rings. The molecule has 0 N–H and O–H groups in total. The normalized spacial score (nSPS) is 29.8. The van der Waals surface area contributed by atoms with Crippen molar-refractivity contribution in [2.45, 2.75) is 45.1 Å². The number of carbonyl (C=O) groups excluding carboxylic acids is 4. The number of rotatable bonds is 3. The monoisotopic (exact) mass is 311 g/mol.